The fourth-order valence-corrected chi connectivity index (χ4v) is 2.89. The number of fused-ring (bicyclic) bond motifs is 1. The maximum atomic E-state index is 9.66. The number of benzene rings is 2. The van der Waals surface area contributed by atoms with E-state index >= 15 is 0 Å². The number of hydrogen-bond donors (Lipinski definition) is 2. The predicted octanol–water partition coefficient (Wildman–Crippen LogP) is 2.64. The average Bonchev–Trinajstić information content (AvgIpc) is 2.53. The highest BCUT2D eigenvalue weighted by Crippen LogP contribution is 2.37. The van der Waals surface area contributed by atoms with Gasteiger partial charge in [-0.2, -0.15) is 0 Å². The molecular weight excluding hydrogens is 266 g/mol. The molecule has 0 aliphatic carbocycles. The highest BCUT2D eigenvalue weighted by molar-refractivity contribution is 5.49. The second kappa shape index (κ2) is 5.66. The lowest BCUT2D eigenvalue weighted by Crippen LogP contribution is -2.30. The van der Waals surface area contributed by atoms with Crippen LogP contribution in [0.2, 0.25) is 0 Å². The molecule has 4 nitrogen and oxygen atoms in total. The Hall–Kier alpha value is -2.20. The Kier molecular flexibility index (Phi) is 3.71. The molecule has 21 heavy (non-hydrogen) atoms. The largest absolute Gasteiger partial charge is 0.508 e. The maximum Gasteiger partial charge on any atom is 0.124 e. The van der Waals surface area contributed by atoms with E-state index in [2.05, 4.69) is 5.32 Å². The van der Waals surface area contributed by atoms with E-state index in [9.17, 15) is 5.11 Å². The molecule has 1 aliphatic rings. The summed E-state index contributed by atoms with van der Waals surface area (Å²) >= 11 is 0. The van der Waals surface area contributed by atoms with E-state index in [0.29, 0.717) is 5.75 Å². The monoisotopic (exact) mass is 285 g/mol. The summed E-state index contributed by atoms with van der Waals surface area (Å²) in [6.45, 7) is 0.863. The molecule has 0 radical (unpaired) electrons. The first-order valence-electron chi connectivity index (χ1n) is 7.00. The van der Waals surface area contributed by atoms with Crippen molar-refractivity contribution in [3.8, 4) is 17.2 Å². The zero-order valence-electron chi connectivity index (χ0n) is 12.2. The summed E-state index contributed by atoms with van der Waals surface area (Å²) < 4.78 is 10.8. The van der Waals surface area contributed by atoms with Crippen molar-refractivity contribution in [2.24, 2.45) is 0 Å². The minimum absolute atomic E-state index is 0.0411. The van der Waals surface area contributed by atoms with E-state index in [1.807, 2.05) is 30.3 Å². The zero-order valence-corrected chi connectivity index (χ0v) is 12.2. The lowest BCUT2D eigenvalue weighted by molar-refractivity contribution is 0.392. The van der Waals surface area contributed by atoms with Crippen molar-refractivity contribution >= 4 is 0 Å². The quantitative estimate of drug-likeness (QED) is 0.910. The normalized spacial score (nSPS) is 17.1. The molecule has 0 aromatic heterocycles. The van der Waals surface area contributed by atoms with Crippen molar-refractivity contribution < 1.29 is 14.6 Å². The Labute approximate surface area is 124 Å². The third-order valence-electron chi connectivity index (χ3n) is 3.93. The summed E-state index contributed by atoms with van der Waals surface area (Å²) in [6, 6.07) is 11.4. The molecule has 2 aromatic carbocycles. The van der Waals surface area contributed by atoms with Gasteiger partial charge in [-0.05, 0) is 47.9 Å². The van der Waals surface area contributed by atoms with E-state index in [0.717, 1.165) is 30.0 Å². The number of ether oxygens (including phenoxy) is 2. The van der Waals surface area contributed by atoms with Gasteiger partial charge in [0.1, 0.15) is 17.2 Å². The van der Waals surface area contributed by atoms with Crippen LogP contribution in [0.1, 0.15) is 22.7 Å². The summed E-state index contributed by atoms with van der Waals surface area (Å²) in [4.78, 5) is 0. The molecule has 0 bridgehead atoms. The SMILES string of the molecule is COc1ccc(OC)c([C@@H]2NCCc3cc(O)ccc32)c1. The standard InChI is InChI=1S/C17H19NO3/c1-20-13-4-6-16(21-2)15(10-13)17-14-5-3-12(19)9-11(14)7-8-18-17/h3-6,9-10,17-19H,7-8H2,1-2H3/t17-/m1/s1. The molecule has 0 spiro atoms. The van der Waals surface area contributed by atoms with Gasteiger partial charge in [0.05, 0.1) is 20.3 Å². The van der Waals surface area contributed by atoms with Crippen molar-refractivity contribution in [2.45, 2.75) is 12.5 Å². The molecule has 4 heteroatoms. The number of aromatic hydroxyl groups is 1. The molecule has 3 rings (SSSR count). The average molecular weight is 285 g/mol. The van der Waals surface area contributed by atoms with Crippen LogP contribution in [0.15, 0.2) is 36.4 Å². The van der Waals surface area contributed by atoms with Gasteiger partial charge >= 0.3 is 0 Å². The minimum atomic E-state index is 0.0411. The molecule has 0 saturated carbocycles. The molecular formula is C17H19NO3. The van der Waals surface area contributed by atoms with Gasteiger partial charge in [0.2, 0.25) is 0 Å². The molecule has 1 aliphatic heterocycles. The molecule has 2 N–H and O–H groups in total. The van der Waals surface area contributed by atoms with Crippen LogP contribution in [-0.4, -0.2) is 25.9 Å². The van der Waals surface area contributed by atoms with Crippen LogP contribution in [-0.2, 0) is 6.42 Å². The number of phenolic OH excluding ortho intramolecular Hbond substituents is 1. The summed E-state index contributed by atoms with van der Waals surface area (Å²) in [5.74, 6) is 1.94. The van der Waals surface area contributed by atoms with Crippen molar-refractivity contribution in [2.75, 3.05) is 20.8 Å². The number of rotatable bonds is 3. The van der Waals surface area contributed by atoms with Gasteiger partial charge in [-0.3, -0.25) is 0 Å². The lowest BCUT2D eigenvalue weighted by Gasteiger charge is -2.28. The Morgan fingerprint density at radius 2 is 1.90 bits per heavy atom. The summed E-state index contributed by atoms with van der Waals surface area (Å²) in [5.41, 5.74) is 3.39. The van der Waals surface area contributed by atoms with E-state index in [1.165, 1.54) is 11.1 Å². The first-order chi connectivity index (χ1) is 10.2. The van der Waals surface area contributed by atoms with Gasteiger partial charge in [-0.1, -0.05) is 6.07 Å². The van der Waals surface area contributed by atoms with Crippen LogP contribution >= 0.6 is 0 Å². The zero-order chi connectivity index (χ0) is 14.8. The Bertz CT molecular complexity index is 654. The fraction of sp³-hybridized carbons (Fsp3) is 0.294. The summed E-state index contributed by atoms with van der Waals surface area (Å²) in [6.07, 6.45) is 0.909. The third-order valence-corrected chi connectivity index (χ3v) is 3.93. The fourth-order valence-electron chi connectivity index (χ4n) is 2.89. The van der Waals surface area contributed by atoms with Gasteiger partial charge < -0.3 is 19.9 Å². The van der Waals surface area contributed by atoms with Crippen LogP contribution in [0.5, 0.6) is 17.2 Å². The van der Waals surface area contributed by atoms with Crippen LogP contribution in [0.3, 0.4) is 0 Å². The summed E-state index contributed by atoms with van der Waals surface area (Å²) in [5, 5.41) is 13.2. The minimum Gasteiger partial charge on any atom is -0.508 e. The lowest BCUT2D eigenvalue weighted by atomic mass is 9.89. The van der Waals surface area contributed by atoms with Crippen molar-refractivity contribution in [3.63, 3.8) is 0 Å². The maximum absolute atomic E-state index is 9.66. The Balaban J connectivity index is 2.10. The van der Waals surface area contributed by atoms with Gasteiger partial charge in [0, 0.05) is 12.1 Å². The Morgan fingerprint density at radius 3 is 2.67 bits per heavy atom. The first kappa shape index (κ1) is 13.8. The molecule has 0 amide bonds. The number of hydrogen-bond acceptors (Lipinski definition) is 4. The van der Waals surface area contributed by atoms with Crippen molar-refractivity contribution in [3.05, 3.63) is 53.1 Å². The molecule has 0 fully saturated rings. The van der Waals surface area contributed by atoms with Crippen LogP contribution in [0.4, 0.5) is 0 Å². The second-order valence-corrected chi connectivity index (χ2v) is 5.13. The van der Waals surface area contributed by atoms with Gasteiger partial charge in [-0.15, -0.1) is 0 Å². The molecule has 0 saturated heterocycles. The number of nitrogens with one attached hydrogen (secondary N) is 1. The van der Waals surface area contributed by atoms with E-state index < -0.39 is 0 Å². The van der Waals surface area contributed by atoms with E-state index in [-0.39, 0.29) is 6.04 Å². The molecule has 2 aromatic rings. The Morgan fingerprint density at radius 1 is 1.05 bits per heavy atom. The van der Waals surface area contributed by atoms with Crippen LogP contribution < -0.4 is 14.8 Å². The van der Waals surface area contributed by atoms with Crippen LogP contribution in [0.25, 0.3) is 0 Å². The van der Waals surface area contributed by atoms with Gasteiger partial charge in [0.25, 0.3) is 0 Å². The second-order valence-electron chi connectivity index (χ2n) is 5.13. The molecule has 1 atom stereocenters. The smallest absolute Gasteiger partial charge is 0.124 e. The number of phenols is 1. The summed E-state index contributed by atoms with van der Waals surface area (Å²) in [7, 11) is 3.33. The van der Waals surface area contributed by atoms with E-state index in [4.69, 9.17) is 9.47 Å². The highest BCUT2D eigenvalue weighted by atomic mass is 16.5. The highest BCUT2D eigenvalue weighted by Gasteiger charge is 2.24. The number of methoxy groups -OCH3 is 2. The molecule has 110 valence electrons. The van der Waals surface area contributed by atoms with Crippen molar-refractivity contribution in [1.29, 1.82) is 0 Å². The molecule has 1 heterocycles. The topological polar surface area (TPSA) is 50.7 Å². The van der Waals surface area contributed by atoms with Crippen molar-refractivity contribution in [1.82, 2.24) is 5.32 Å². The molecule has 0 unspecified atom stereocenters. The predicted molar refractivity (Wildman–Crippen MR) is 81.2 cm³/mol. The van der Waals surface area contributed by atoms with Crippen LogP contribution in [0, 0.1) is 0 Å². The first-order valence-corrected chi connectivity index (χ1v) is 7.00. The van der Waals surface area contributed by atoms with Gasteiger partial charge in [0.15, 0.2) is 0 Å². The van der Waals surface area contributed by atoms with Gasteiger partial charge in [-0.25, -0.2) is 0 Å². The van der Waals surface area contributed by atoms with E-state index in [1.54, 1.807) is 20.3 Å². The third kappa shape index (κ3) is 2.54.